The van der Waals surface area contributed by atoms with E-state index in [0.717, 1.165) is 37.1 Å². The largest absolute Gasteiger partial charge is 0.418 e. The fourth-order valence-corrected chi connectivity index (χ4v) is 3.25. The number of hydrogen-bond acceptors (Lipinski definition) is 3. The number of carbonyl (C=O) groups is 1. The van der Waals surface area contributed by atoms with Gasteiger partial charge in [0.05, 0.1) is 10.8 Å². The number of nitrogens with one attached hydrogen (secondary N) is 1. The van der Waals surface area contributed by atoms with Crippen molar-refractivity contribution in [2.24, 2.45) is 0 Å². The molecule has 1 aliphatic heterocycles. The molecule has 1 atom stereocenters. The van der Waals surface area contributed by atoms with E-state index in [2.05, 4.69) is 5.32 Å². The number of carbonyl (C=O) groups excluding carboxylic acids is 1. The fraction of sp³-hybridized carbons (Fsp3) is 0.462. The monoisotopic (exact) mass is 304 g/mol. The molecule has 1 aromatic rings. The number of nitrogens with two attached hydrogens (primary N) is 1. The molecule has 1 heterocycles. The highest BCUT2D eigenvalue weighted by Crippen LogP contribution is 2.35. The zero-order chi connectivity index (χ0) is 14.8. The summed E-state index contributed by atoms with van der Waals surface area (Å²) in [7, 11) is 0. The lowest BCUT2D eigenvalue weighted by molar-refractivity contribution is -0.136. The first-order chi connectivity index (χ1) is 9.38. The number of alkyl halides is 3. The van der Waals surface area contributed by atoms with Crippen LogP contribution >= 0.6 is 11.8 Å². The van der Waals surface area contributed by atoms with Crippen LogP contribution in [-0.4, -0.2) is 16.9 Å². The molecule has 3 nitrogen and oxygen atoms in total. The Balaban J connectivity index is 2.11. The zero-order valence-electron chi connectivity index (χ0n) is 10.7. The summed E-state index contributed by atoms with van der Waals surface area (Å²) in [6.45, 7) is 0. The van der Waals surface area contributed by atoms with Crippen molar-refractivity contribution in [3.63, 3.8) is 0 Å². The SMILES string of the molecule is Nc1ccc(NC(=O)C2CCCCS2)cc1C(F)(F)F. The van der Waals surface area contributed by atoms with Crippen LogP contribution < -0.4 is 11.1 Å². The van der Waals surface area contributed by atoms with E-state index >= 15 is 0 Å². The number of benzene rings is 1. The van der Waals surface area contributed by atoms with E-state index in [0.29, 0.717) is 0 Å². The Morgan fingerprint density at radius 3 is 2.70 bits per heavy atom. The molecule has 3 N–H and O–H groups in total. The number of anilines is 2. The second kappa shape index (κ2) is 5.95. The van der Waals surface area contributed by atoms with Crippen molar-refractivity contribution in [1.82, 2.24) is 0 Å². The summed E-state index contributed by atoms with van der Waals surface area (Å²) in [5, 5.41) is 2.35. The van der Waals surface area contributed by atoms with E-state index in [1.54, 1.807) is 11.8 Å². The average molecular weight is 304 g/mol. The standard InChI is InChI=1S/C13H15F3N2OS/c14-13(15,16)9-7-8(4-5-10(9)17)18-12(19)11-3-1-2-6-20-11/h4-5,7,11H,1-3,6,17H2,(H,18,19). The molecule has 0 aromatic heterocycles. The third-order valence-corrected chi connectivity index (χ3v) is 4.47. The molecule has 0 bridgehead atoms. The fourth-order valence-electron chi connectivity index (χ4n) is 2.05. The summed E-state index contributed by atoms with van der Waals surface area (Å²) in [4.78, 5) is 12.0. The zero-order valence-corrected chi connectivity index (χ0v) is 11.5. The lowest BCUT2D eigenvalue weighted by Crippen LogP contribution is -2.27. The topological polar surface area (TPSA) is 55.1 Å². The number of nitrogen functional groups attached to an aromatic ring is 1. The molecule has 0 saturated carbocycles. The minimum Gasteiger partial charge on any atom is -0.398 e. The van der Waals surface area contributed by atoms with Crippen molar-refractivity contribution in [2.45, 2.75) is 30.7 Å². The van der Waals surface area contributed by atoms with Crippen molar-refractivity contribution >= 4 is 29.0 Å². The minimum absolute atomic E-state index is 0.127. The maximum Gasteiger partial charge on any atom is 0.418 e. The highest BCUT2D eigenvalue weighted by atomic mass is 32.2. The van der Waals surface area contributed by atoms with E-state index in [4.69, 9.17) is 5.73 Å². The van der Waals surface area contributed by atoms with Gasteiger partial charge < -0.3 is 11.1 Å². The Kier molecular flexibility index (Phi) is 4.47. The van der Waals surface area contributed by atoms with Gasteiger partial charge >= 0.3 is 6.18 Å². The molecule has 2 rings (SSSR count). The van der Waals surface area contributed by atoms with Crippen molar-refractivity contribution in [3.05, 3.63) is 23.8 Å². The Hall–Kier alpha value is -1.37. The van der Waals surface area contributed by atoms with Gasteiger partial charge in [0.1, 0.15) is 0 Å². The van der Waals surface area contributed by atoms with E-state index in [1.165, 1.54) is 6.07 Å². The molecule has 1 fully saturated rings. The first-order valence-electron chi connectivity index (χ1n) is 6.27. The van der Waals surface area contributed by atoms with Crippen molar-refractivity contribution in [3.8, 4) is 0 Å². The van der Waals surface area contributed by atoms with E-state index < -0.39 is 11.7 Å². The Labute approximate surface area is 119 Å². The smallest absolute Gasteiger partial charge is 0.398 e. The molecule has 1 saturated heterocycles. The minimum atomic E-state index is -4.52. The van der Waals surface area contributed by atoms with Crippen LogP contribution in [0.15, 0.2) is 18.2 Å². The maximum absolute atomic E-state index is 12.7. The Morgan fingerprint density at radius 2 is 2.10 bits per heavy atom. The van der Waals surface area contributed by atoms with Gasteiger partial charge in [-0.2, -0.15) is 13.2 Å². The van der Waals surface area contributed by atoms with Crippen molar-refractivity contribution < 1.29 is 18.0 Å². The molecule has 110 valence electrons. The molecule has 0 spiro atoms. The molecule has 1 unspecified atom stereocenters. The predicted molar refractivity (Wildman–Crippen MR) is 74.6 cm³/mol. The molecule has 1 aliphatic rings. The van der Waals surface area contributed by atoms with Crippen LogP contribution in [0, 0.1) is 0 Å². The van der Waals surface area contributed by atoms with Crippen LogP contribution in [0.1, 0.15) is 24.8 Å². The van der Waals surface area contributed by atoms with Crippen LogP contribution in [0.4, 0.5) is 24.5 Å². The molecule has 0 radical (unpaired) electrons. The molecule has 0 aliphatic carbocycles. The Bertz CT molecular complexity index is 499. The van der Waals surface area contributed by atoms with Gasteiger partial charge in [0.2, 0.25) is 5.91 Å². The molecule has 7 heteroatoms. The van der Waals surface area contributed by atoms with Crippen LogP contribution in [0.2, 0.25) is 0 Å². The van der Waals surface area contributed by atoms with Gasteiger partial charge in [-0.05, 0) is 36.8 Å². The summed E-state index contributed by atoms with van der Waals surface area (Å²) in [6, 6.07) is 3.42. The third-order valence-electron chi connectivity index (χ3n) is 3.10. The predicted octanol–water partition coefficient (Wildman–Crippen LogP) is 3.51. The number of halogens is 3. The van der Waals surface area contributed by atoms with Crippen LogP contribution in [0.3, 0.4) is 0 Å². The van der Waals surface area contributed by atoms with Gasteiger partial charge in [0.15, 0.2) is 0 Å². The summed E-state index contributed by atoms with van der Waals surface area (Å²) >= 11 is 1.54. The number of hydrogen-bond donors (Lipinski definition) is 2. The van der Waals surface area contributed by atoms with Crippen LogP contribution in [-0.2, 0) is 11.0 Å². The maximum atomic E-state index is 12.7. The summed E-state index contributed by atoms with van der Waals surface area (Å²) in [6.07, 6.45) is -1.71. The Morgan fingerprint density at radius 1 is 1.35 bits per heavy atom. The van der Waals surface area contributed by atoms with Crippen molar-refractivity contribution in [2.75, 3.05) is 16.8 Å². The second-order valence-corrected chi connectivity index (χ2v) is 5.95. The third kappa shape index (κ3) is 3.59. The quantitative estimate of drug-likeness (QED) is 0.822. The molecule has 20 heavy (non-hydrogen) atoms. The van der Waals surface area contributed by atoms with Gasteiger partial charge in [-0.1, -0.05) is 6.42 Å². The van der Waals surface area contributed by atoms with Gasteiger partial charge in [0.25, 0.3) is 0 Å². The first kappa shape index (κ1) is 15.0. The van der Waals surface area contributed by atoms with Gasteiger partial charge in [0, 0.05) is 11.4 Å². The molecule has 1 aromatic carbocycles. The lowest BCUT2D eigenvalue weighted by atomic mass is 10.1. The summed E-state index contributed by atoms with van der Waals surface area (Å²) < 4.78 is 38.2. The molecular weight excluding hydrogens is 289 g/mol. The van der Waals surface area contributed by atoms with E-state index in [-0.39, 0.29) is 22.5 Å². The number of amides is 1. The molecular formula is C13H15F3N2OS. The average Bonchev–Trinajstić information content (AvgIpc) is 2.40. The van der Waals surface area contributed by atoms with Gasteiger partial charge in [-0.15, -0.1) is 11.8 Å². The normalized spacial score (nSPS) is 19.6. The lowest BCUT2D eigenvalue weighted by Gasteiger charge is -2.21. The van der Waals surface area contributed by atoms with Crippen LogP contribution in [0.5, 0.6) is 0 Å². The highest BCUT2D eigenvalue weighted by Gasteiger charge is 2.33. The number of thioether (sulfide) groups is 1. The van der Waals surface area contributed by atoms with Gasteiger partial charge in [-0.3, -0.25) is 4.79 Å². The number of rotatable bonds is 2. The van der Waals surface area contributed by atoms with Gasteiger partial charge in [-0.25, -0.2) is 0 Å². The first-order valence-corrected chi connectivity index (χ1v) is 7.32. The summed E-state index contributed by atoms with van der Waals surface area (Å²) in [5.41, 5.74) is 4.17. The van der Waals surface area contributed by atoms with Crippen LogP contribution in [0.25, 0.3) is 0 Å². The second-order valence-electron chi connectivity index (χ2n) is 4.64. The highest BCUT2D eigenvalue weighted by molar-refractivity contribution is 8.00. The summed E-state index contributed by atoms with van der Waals surface area (Å²) in [5.74, 6) is 0.667. The molecule has 1 amide bonds. The van der Waals surface area contributed by atoms with Crippen molar-refractivity contribution in [1.29, 1.82) is 0 Å². The van der Waals surface area contributed by atoms with E-state index in [9.17, 15) is 18.0 Å². The van der Waals surface area contributed by atoms with E-state index in [1.807, 2.05) is 0 Å².